The monoisotopic (exact) mass is 323 g/mol. The zero-order valence-electron chi connectivity index (χ0n) is 13.1. The lowest BCUT2D eigenvalue weighted by Gasteiger charge is -2.05. The fraction of sp³-hybridized carbons (Fsp3) is 0.533. The van der Waals surface area contributed by atoms with Gasteiger partial charge in [0.05, 0.1) is 21.6 Å². The van der Waals surface area contributed by atoms with Crippen LogP contribution < -0.4 is 5.32 Å². The number of amides is 1. The summed E-state index contributed by atoms with van der Waals surface area (Å²) in [6, 6.07) is 3.10. The van der Waals surface area contributed by atoms with Gasteiger partial charge in [0.25, 0.3) is 11.4 Å². The summed E-state index contributed by atoms with van der Waals surface area (Å²) in [6.45, 7) is 2.13. The Morgan fingerprint density at radius 3 is 2.00 bits per heavy atom. The standard InChI is InChI=1S/C15H21N3O5/c1-2-3-4-5-6-7-8-15(19)16-12-9-13(17(20)21)11-14(10-12)18(22)23/h9-11H,2-8H2,1H3,(H,16,19). The van der Waals surface area contributed by atoms with E-state index in [1.54, 1.807) is 0 Å². The zero-order valence-corrected chi connectivity index (χ0v) is 13.1. The minimum Gasteiger partial charge on any atom is -0.326 e. The van der Waals surface area contributed by atoms with Gasteiger partial charge in [0.15, 0.2) is 0 Å². The number of hydrogen-bond donors (Lipinski definition) is 1. The molecule has 1 amide bonds. The number of nitro benzene ring substituents is 2. The Bertz CT molecular complexity index is 542. The Labute approximate surface area is 134 Å². The molecule has 8 nitrogen and oxygen atoms in total. The van der Waals surface area contributed by atoms with Crippen molar-refractivity contribution in [3.05, 3.63) is 38.4 Å². The van der Waals surface area contributed by atoms with E-state index in [0.717, 1.165) is 50.3 Å². The van der Waals surface area contributed by atoms with Crippen LogP contribution in [0, 0.1) is 20.2 Å². The number of carbonyl (C=O) groups is 1. The molecule has 1 rings (SSSR count). The van der Waals surface area contributed by atoms with E-state index in [1.807, 2.05) is 0 Å². The Morgan fingerprint density at radius 1 is 0.957 bits per heavy atom. The first-order chi connectivity index (χ1) is 10.9. The highest BCUT2D eigenvalue weighted by molar-refractivity contribution is 5.91. The van der Waals surface area contributed by atoms with E-state index in [0.29, 0.717) is 6.42 Å². The van der Waals surface area contributed by atoms with Gasteiger partial charge in [-0.3, -0.25) is 25.0 Å². The van der Waals surface area contributed by atoms with Crippen LogP contribution in [-0.2, 0) is 4.79 Å². The summed E-state index contributed by atoms with van der Waals surface area (Å²) < 4.78 is 0. The lowest BCUT2D eigenvalue weighted by molar-refractivity contribution is -0.394. The van der Waals surface area contributed by atoms with Crippen LogP contribution >= 0.6 is 0 Å². The van der Waals surface area contributed by atoms with Crippen molar-refractivity contribution in [2.75, 3.05) is 5.32 Å². The van der Waals surface area contributed by atoms with Crippen LogP contribution in [0.4, 0.5) is 17.1 Å². The topological polar surface area (TPSA) is 115 Å². The second-order valence-electron chi connectivity index (χ2n) is 5.32. The number of unbranched alkanes of at least 4 members (excludes halogenated alkanes) is 5. The summed E-state index contributed by atoms with van der Waals surface area (Å²) >= 11 is 0. The third-order valence-electron chi connectivity index (χ3n) is 3.37. The maximum absolute atomic E-state index is 11.8. The van der Waals surface area contributed by atoms with Gasteiger partial charge in [0.2, 0.25) is 5.91 Å². The summed E-state index contributed by atoms with van der Waals surface area (Å²) in [5.74, 6) is -0.296. The van der Waals surface area contributed by atoms with Crippen LogP contribution in [0.15, 0.2) is 18.2 Å². The molecule has 0 aliphatic rings. The number of nitrogens with one attached hydrogen (secondary N) is 1. The molecule has 0 aliphatic heterocycles. The second-order valence-corrected chi connectivity index (χ2v) is 5.32. The molecule has 0 unspecified atom stereocenters. The van der Waals surface area contributed by atoms with Crippen molar-refractivity contribution in [2.45, 2.75) is 51.9 Å². The molecule has 0 radical (unpaired) electrons. The van der Waals surface area contributed by atoms with E-state index in [-0.39, 0.29) is 11.6 Å². The smallest absolute Gasteiger partial charge is 0.278 e. The van der Waals surface area contributed by atoms with Gasteiger partial charge in [-0.2, -0.15) is 0 Å². The normalized spacial score (nSPS) is 10.3. The van der Waals surface area contributed by atoms with Gasteiger partial charge in [-0.05, 0) is 6.42 Å². The minimum atomic E-state index is -0.726. The van der Waals surface area contributed by atoms with Crippen LogP contribution in [0.2, 0.25) is 0 Å². The number of benzene rings is 1. The van der Waals surface area contributed by atoms with E-state index >= 15 is 0 Å². The molecular weight excluding hydrogens is 302 g/mol. The third-order valence-corrected chi connectivity index (χ3v) is 3.37. The summed E-state index contributed by atoms with van der Waals surface area (Å²) in [7, 11) is 0. The van der Waals surface area contributed by atoms with Crippen LogP contribution in [0.5, 0.6) is 0 Å². The molecule has 1 aromatic rings. The number of carbonyl (C=O) groups excluding carboxylic acids is 1. The van der Waals surface area contributed by atoms with Crippen molar-refractivity contribution in [1.82, 2.24) is 0 Å². The average Bonchev–Trinajstić information content (AvgIpc) is 2.50. The van der Waals surface area contributed by atoms with Gasteiger partial charge in [0, 0.05) is 18.6 Å². The van der Waals surface area contributed by atoms with Crippen LogP contribution in [0.25, 0.3) is 0 Å². The van der Waals surface area contributed by atoms with Crippen molar-refractivity contribution in [3.8, 4) is 0 Å². The molecule has 8 heteroatoms. The highest BCUT2D eigenvalue weighted by Gasteiger charge is 2.17. The first kappa shape index (κ1) is 18.5. The fourth-order valence-corrected chi connectivity index (χ4v) is 2.17. The number of anilines is 1. The van der Waals surface area contributed by atoms with E-state index in [2.05, 4.69) is 12.2 Å². The van der Waals surface area contributed by atoms with E-state index in [1.165, 1.54) is 6.42 Å². The van der Waals surface area contributed by atoms with E-state index in [9.17, 15) is 25.0 Å². The third kappa shape index (κ3) is 6.86. The Balaban J connectivity index is 2.56. The molecule has 126 valence electrons. The molecule has 0 saturated carbocycles. The van der Waals surface area contributed by atoms with Crippen molar-refractivity contribution in [2.24, 2.45) is 0 Å². The average molecular weight is 323 g/mol. The number of nitrogens with zero attached hydrogens (tertiary/aromatic N) is 2. The predicted octanol–water partition coefficient (Wildman–Crippen LogP) is 4.19. The van der Waals surface area contributed by atoms with E-state index < -0.39 is 21.2 Å². The van der Waals surface area contributed by atoms with Crippen LogP contribution in [0.1, 0.15) is 51.9 Å². The first-order valence-electron chi connectivity index (χ1n) is 7.67. The van der Waals surface area contributed by atoms with Gasteiger partial charge < -0.3 is 5.32 Å². The molecule has 1 aromatic carbocycles. The van der Waals surface area contributed by atoms with Gasteiger partial charge >= 0.3 is 0 Å². The summed E-state index contributed by atoms with van der Waals surface area (Å²) in [5.41, 5.74) is -0.773. The maximum Gasteiger partial charge on any atom is 0.278 e. The van der Waals surface area contributed by atoms with Crippen molar-refractivity contribution < 1.29 is 14.6 Å². The Morgan fingerprint density at radius 2 is 1.48 bits per heavy atom. The summed E-state index contributed by atoms with van der Waals surface area (Å²) in [4.78, 5) is 31.9. The van der Waals surface area contributed by atoms with Gasteiger partial charge in [-0.15, -0.1) is 0 Å². The number of non-ortho nitro benzene ring substituents is 2. The lowest BCUT2D eigenvalue weighted by atomic mass is 10.1. The molecular formula is C15H21N3O5. The Hall–Kier alpha value is -2.51. The number of nitro groups is 2. The summed E-state index contributed by atoms with van der Waals surface area (Å²) in [6.07, 6.45) is 6.53. The molecule has 0 saturated heterocycles. The molecule has 23 heavy (non-hydrogen) atoms. The van der Waals surface area contributed by atoms with Crippen molar-refractivity contribution in [3.63, 3.8) is 0 Å². The SMILES string of the molecule is CCCCCCCCC(=O)Nc1cc([N+](=O)[O-])cc([N+](=O)[O-])c1. The molecule has 0 heterocycles. The van der Waals surface area contributed by atoms with Gasteiger partial charge in [0.1, 0.15) is 0 Å². The van der Waals surface area contributed by atoms with Gasteiger partial charge in [-0.25, -0.2) is 0 Å². The molecule has 0 fully saturated rings. The maximum atomic E-state index is 11.8. The van der Waals surface area contributed by atoms with E-state index in [4.69, 9.17) is 0 Å². The predicted molar refractivity (Wildman–Crippen MR) is 86.4 cm³/mol. The highest BCUT2D eigenvalue weighted by atomic mass is 16.6. The Kier molecular flexibility index (Phi) is 7.65. The summed E-state index contributed by atoms with van der Waals surface area (Å²) in [5, 5.41) is 24.0. The molecule has 1 N–H and O–H groups in total. The van der Waals surface area contributed by atoms with Crippen molar-refractivity contribution >= 4 is 23.0 Å². The first-order valence-corrected chi connectivity index (χ1v) is 7.67. The second kappa shape index (κ2) is 9.50. The highest BCUT2D eigenvalue weighted by Crippen LogP contribution is 2.26. The quantitative estimate of drug-likeness (QED) is 0.393. The molecule has 0 spiro atoms. The molecule has 0 atom stereocenters. The van der Waals surface area contributed by atoms with Crippen molar-refractivity contribution in [1.29, 1.82) is 0 Å². The molecule has 0 bridgehead atoms. The zero-order chi connectivity index (χ0) is 17.2. The number of rotatable bonds is 10. The fourth-order valence-electron chi connectivity index (χ4n) is 2.17. The van der Waals surface area contributed by atoms with Crippen LogP contribution in [0.3, 0.4) is 0 Å². The molecule has 0 aromatic heterocycles. The molecule has 0 aliphatic carbocycles. The van der Waals surface area contributed by atoms with Crippen LogP contribution in [-0.4, -0.2) is 15.8 Å². The largest absolute Gasteiger partial charge is 0.326 e. The van der Waals surface area contributed by atoms with Gasteiger partial charge in [-0.1, -0.05) is 39.0 Å². The number of hydrogen-bond acceptors (Lipinski definition) is 5. The lowest BCUT2D eigenvalue weighted by Crippen LogP contribution is -2.11. The minimum absolute atomic E-state index is 0.0712.